The minimum atomic E-state index is -0.832. The Kier molecular flexibility index (Phi) is 13.7. The highest BCUT2D eigenvalue weighted by Gasteiger charge is 2.44. The lowest BCUT2D eigenvalue weighted by Gasteiger charge is -2.19. The van der Waals surface area contributed by atoms with Gasteiger partial charge in [-0.2, -0.15) is 10.5 Å². The van der Waals surface area contributed by atoms with Gasteiger partial charge < -0.3 is 10.6 Å². The Balaban J connectivity index is 0.000000192. The van der Waals surface area contributed by atoms with Gasteiger partial charge in [0.25, 0.3) is 0 Å². The summed E-state index contributed by atoms with van der Waals surface area (Å²) in [6.45, 7) is 7.22. The highest BCUT2D eigenvalue weighted by molar-refractivity contribution is 9.10. The van der Waals surface area contributed by atoms with Crippen LogP contribution < -0.4 is 10.6 Å². The van der Waals surface area contributed by atoms with Crippen molar-refractivity contribution < 1.29 is 18.4 Å². The standard InChI is InChI=1S/C19H16FN3OS.C12H13FN2OS.C7H4BrN/c1-12(15-5-3-4-6-16(15)20)22-18-23-17(24)19(2,25-18)14-9-7-13(11-21)8-10-14;1-7(9-5-3-4-6-10(9)13)14-12-15-11(16)8(2)17-12;8-7-3-1-6(5-9)2-4-7/h3-10,12H,1-2H3,(H,22,23,24);3-8H,1-2H3,(H,14,15,16);1-4H/t12-,19?;7-,8?;/m00./s1. The second-order valence-corrected chi connectivity index (χ2v) is 15.1. The largest absolute Gasteiger partial charge is 0.304 e. The Morgan fingerprint density at radius 1 is 0.765 bits per heavy atom. The molecule has 2 saturated heterocycles. The van der Waals surface area contributed by atoms with Gasteiger partial charge in [0.15, 0.2) is 10.3 Å². The number of amidine groups is 2. The van der Waals surface area contributed by atoms with Crippen molar-refractivity contribution in [2.24, 2.45) is 9.98 Å². The van der Waals surface area contributed by atoms with Crippen molar-refractivity contribution in [2.45, 2.75) is 49.8 Å². The number of nitriles is 2. The zero-order chi connectivity index (χ0) is 37.1. The van der Waals surface area contributed by atoms with E-state index in [1.54, 1.807) is 86.6 Å². The van der Waals surface area contributed by atoms with Crippen molar-refractivity contribution in [3.8, 4) is 12.1 Å². The molecule has 2 amide bonds. The van der Waals surface area contributed by atoms with E-state index in [0.717, 1.165) is 10.0 Å². The molecule has 0 aliphatic carbocycles. The maximum atomic E-state index is 13.9. The molecule has 2 aliphatic rings. The van der Waals surface area contributed by atoms with Gasteiger partial charge in [-0.1, -0.05) is 88.0 Å². The van der Waals surface area contributed by atoms with Crippen molar-refractivity contribution in [3.63, 3.8) is 0 Å². The average Bonchev–Trinajstić information content (AvgIpc) is 3.60. The lowest BCUT2D eigenvalue weighted by molar-refractivity contribution is -0.121. The molecule has 0 aromatic heterocycles. The number of halogens is 3. The normalized spacial score (nSPS) is 20.5. The smallest absolute Gasteiger partial charge is 0.246 e. The van der Waals surface area contributed by atoms with Gasteiger partial charge in [-0.25, -0.2) is 8.78 Å². The summed E-state index contributed by atoms with van der Waals surface area (Å²) in [7, 11) is 0. The van der Waals surface area contributed by atoms with Crippen LogP contribution >= 0.6 is 39.5 Å². The molecule has 2 aliphatic heterocycles. The molecule has 51 heavy (non-hydrogen) atoms. The number of nitrogens with zero attached hydrogens (tertiary/aromatic N) is 4. The average molecular weight is 788 g/mol. The molecule has 2 unspecified atom stereocenters. The van der Waals surface area contributed by atoms with Crippen LogP contribution in [-0.2, 0) is 14.3 Å². The molecule has 13 heteroatoms. The Morgan fingerprint density at radius 2 is 1.24 bits per heavy atom. The number of hydrogen-bond donors (Lipinski definition) is 2. The lowest BCUT2D eigenvalue weighted by atomic mass is 9.98. The van der Waals surface area contributed by atoms with E-state index in [1.807, 2.05) is 32.0 Å². The molecule has 0 spiro atoms. The first-order valence-electron chi connectivity index (χ1n) is 15.6. The quantitative estimate of drug-likeness (QED) is 0.208. The minimum absolute atomic E-state index is 0.0468. The van der Waals surface area contributed by atoms with E-state index in [9.17, 15) is 18.4 Å². The number of thioether (sulfide) groups is 2. The van der Waals surface area contributed by atoms with Crippen LogP contribution in [-0.4, -0.2) is 27.4 Å². The molecule has 0 saturated carbocycles. The van der Waals surface area contributed by atoms with E-state index in [-0.39, 0.29) is 34.7 Å². The molecule has 0 radical (unpaired) electrons. The molecule has 2 N–H and O–H groups in total. The maximum absolute atomic E-state index is 13.9. The van der Waals surface area contributed by atoms with Crippen LogP contribution in [0.5, 0.6) is 0 Å². The van der Waals surface area contributed by atoms with E-state index in [0.29, 0.717) is 32.6 Å². The highest BCUT2D eigenvalue weighted by atomic mass is 79.9. The van der Waals surface area contributed by atoms with Crippen LogP contribution in [0.15, 0.2) is 112 Å². The van der Waals surface area contributed by atoms with Crippen LogP contribution in [0.2, 0.25) is 0 Å². The highest BCUT2D eigenvalue weighted by Crippen LogP contribution is 2.42. The third kappa shape index (κ3) is 10.4. The first-order chi connectivity index (χ1) is 24.3. The van der Waals surface area contributed by atoms with Crippen LogP contribution in [0.1, 0.15) is 67.6 Å². The van der Waals surface area contributed by atoms with Crippen LogP contribution in [0, 0.1) is 34.3 Å². The molecule has 4 aromatic carbocycles. The molecule has 4 aromatic rings. The Labute approximate surface area is 312 Å². The summed E-state index contributed by atoms with van der Waals surface area (Å²) in [4.78, 5) is 32.6. The summed E-state index contributed by atoms with van der Waals surface area (Å²) in [6, 6.07) is 30.5. The van der Waals surface area contributed by atoms with Gasteiger partial charge in [0.05, 0.1) is 40.6 Å². The van der Waals surface area contributed by atoms with Crippen LogP contribution in [0.3, 0.4) is 0 Å². The number of carbonyl (C=O) groups is 2. The van der Waals surface area contributed by atoms with Crippen molar-refractivity contribution in [1.82, 2.24) is 10.6 Å². The second-order valence-electron chi connectivity index (χ2n) is 11.4. The van der Waals surface area contributed by atoms with E-state index >= 15 is 0 Å². The molecule has 8 nitrogen and oxygen atoms in total. The molecular formula is C38H33BrF2N6O2S2. The zero-order valence-corrected chi connectivity index (χ0v) is 31.2. The van der Waals surface area contributed by atoms with E-state index in [4.69, 9.17) is 10.5 Å². The van der Waals surface area contributed by atoms with Gasteiger partial charge in [0.2, 0.25) is 11.8 Å². The Morgan fingerprint density at radius 3 is 1.69 bits per heavy atom. The molecule has 2 heterocycles. The van der Waals surface area contributed by atoms with E-state index in [2.05, 4.69) is 42.6 Å². The first kappa shape index (κ1) is 39.0. The van der Waals surface area contributed by atoms with Gasteiger partial charge >= 0.3 is 0 Å². The van der Waals surface area contributed by atoms with Gasteiger partial charge in [-0.15, -0.1) is 0 Å². The Hall–Kier alpha value is -4.82. The van der Waals surface area contributed by atoms with E-state index < -0.39 is 10.8 Å². The Bertz CT molecular complexity index is 2030. The second kappa shape index (κ2) is 17.9. The fraction of sp³-hybridized carbons (Fsp3) is 0.211. The molecule has 2 fully saturated rings. The summed E-state index contributed by atoms with van der Waals surface area (Å²) >= 11 is 5.94. The SMILES string of the molecule is CC1SC(=N[C@@H](C)c2ccccc2F)NC1=O.C[C@H](N=C1NC(=O)C(C)(c2ccc(C#N)cc2)S1)c1ccccc1F.N#Cc1ccc(Br)cc1. The fourth-order valence-electron chi connectivity index (χ4n) is 4.76. The summed E-state index contributed by atoms with van der Waals surface area (Å²) in [5.41, 5.74) is 3.04. The van der Waals surface area contributed by atoms with Gasteiger partial charge in [-0.3, -0.25) is 19.6 Å². The van der Waals surface area contributed by atoms with Crippen molar-refractivity contribution in [3.05, 3.63) is 141 Å². The third-order valence-corrected chi connectivity index (χ3v) is 10.5. The number of hydrogen-bond acceptors (Lipinski definition) is 8. The zero-order valence-electron chi connectivity index (χ0n) is 28.0. The van der Waals surface area contributed by atoms with Crippen molar-refractivity contribution in [1.29, 1.82) is 10.5 Å². The predicted molar refractivity (Wildman–Crippen MR) is 203 cm³/mol. The number of amides is 2. The van der Waals surface area contributed by atoms with Gasteiger partial charge in [0, 0.05) is 15.6 Å². The minimum Gasteiger partial charge on any atom is -0.304 e. The summed E-state index contributed by atoms with van der Waals surface area (Å²) in [6.07, 6.45) is 0. The first-order valence-corrected chi connectivity index (χ1v) is 18.1. The topological polar surface area (TPSA) is 130 Å². The fourth-order valence-corrected chi connectivity index (χ4v) is 7.04. The lowest BCUT2D eigenvalue weighted by Crippen LogP contribution is -2.31. The van der Waals surface area contributed by atoms with Crippen molar-refractivity contribution >= 4 is 61.6 Å². The predicted octanol–water partition coefficient (Wildman–Crippen LogP) is 8.71. The van der Waals surface area contributed by atoms with Gasteiger partial charge in [0.1, 0.15) is 16.4 Å². The van der Waals surface area contributed by atoms with Gasteiger partial charge in [-0.05, 0) is 81.8 Å². The van der Waals surface area contributed by atoms with Crippen molar-refractivity contribution in [2.75, 3.05) is 0 Å². The number of rotatable bonds is 5. The number of carbonyl (C=O) groups excluding carboxylic acids is 2. The number of benzene rings is 4. The van der Waals surface area contributed by atoms with Crippen LogP contribution in [0.4, 0.5) is 8.78 Å². The summed E-state index contributed by atoms with van der Waals surface area (Å²) in [5, 5.41) is 23.6. The number of nitrogens with one attached hydrogen (secondary N) is 2. The third-order valence-electron chi connectivity index (χ3n) is 7.71. The molecule has 0 bridgehead atoms. The summed E-state index contributed by atoms with van der Waals surface area (Å²) < 4.78 is 27.6. The maximum Gasteiger partial charge on any atom is 0.246 e. The molecule has 6 rings (SSSR count). The molecule has 4 atom stereocenters. The number of aliphatic imine (C=N–C) groups is 2. The molecule has 260 valence electrons. The van der Waals surface area contributed by atoms with Crippen LogP contribution in [0.25, 0.3) is 0 Å². The molecular weight excluding hydrogens is 754 g/mol. The monoisotopic (exact) mass is 786 g/mol. The summed E-state index contributed by atoms with van der Waals surface area (Å²) in [5.74, 6) is -0.813. The van der Waals surface area contributed by atoms with E-state index in [1.165, 1.54) is 35.7 Å².